The number of hydrogen-bond donors (Lipinski definition) is 4. The molecule has 0 atom stereocenters. The maximum Gasteiger partial charge on any atom is 0.425 e. The van der Waals surface area contributed by atoms with Gasteiger partial charge in [-0.3, -0.25) is 19.2 Å². The summed E-state index contributed by atoms with van der Waals surface area (Å²) in [5, 5.41) is 11.8. The van der Waals surface area contributed by atoms with Crippen LogP contribution >= 0.6 is 0 Å². The van der Waals surface area contributed by atoms with Crippen molar-refractivity contribution in [2.24, 2.45) is 5.73 Å². The lowest BCUT2D eigenvalue weighted by Crippen LogP contribution is -2.38. The minimum absolute atomic E-state index is 0.149. The number of benzene rings is 4. The van der Waals surface area contributed by atoms with Gasteiger partial charge in [0, 0.05) is 107 Å². The highest BCUT2D eigenvalue weighted by Gasteiger charge is 2.21. The third-order valence-corrected chi connectivity index (χ3v) is 13.6. The molecule has 0 saturated carbocycles. The zero-order valence-corrected chi connectivity index (χ0v) is 55.4. The number of rotatable bonds is 18. The molecule has 10 rings (SSSR count). The molecule has 2 aliphatic rings. The summed E-state index contributed by atoms with van der Waals surface area (Å²) in [6.45, 7) is 11.7. The average molecular weight is 1400 g/mol. The number of likely N-dealkylation sites (N-methyl/N-ethyl adjacent to an activating group) is 2. The number of allylic oxidation sites excluding steroid dienone is 12. The number of nitrogens with one attached hydrogen (secondary N) is 3. The van der Waals surface area contributed by atoms with E-state index in [0.29, 0.717) is 93.8 Å². The standard InChI is InChI=1S/C34H33N3O5.C31H25FN2O5.C3H9N.2CO2.2O3S/c1-3-16-35-27-15-14-24-19-28(34(40)42-30(24)22-27)31-20-25-12-13-26(21-29(25)41-31)33(39)37(4-2)18-17-36-32(38)23-10-8-6-5-7-9-11-23;1-2-34(15-14-33-29(35)20-8-6-4-3-5-7-9-20)30(36)23-11-10-22-17-28(38-26(22)18-23)25-16-21-12-13-24(32)19-27(21)39-31(25)37;1-2-3-4;2*2-1-3;2*1-4(2)3/h5-15,19-22,35H,3-4,16-18H2,1-2H3,(H,36,38);3-13,16-19H,2,14-15H2,1H3,(H,33,35);2-4H2,1H3;;;;/b6-5-,7-5?,8-6?,9-7-,10-8?,11-9?,23-10?,23-11?;4-3-,5-3?,6-4?,7-5-,8-6?,9-7?,20-8?,20-9?;;;;;. The van der Waals surface area contributed by atoms with Gasteiger partial charge in [-0.1, -0.05) is 86.7 Å². The second-order valence-corrected chi connectivity index (χ2v) is 20.9. The Bertz CT molecular complexity index is 4820. The number of hydrogen-bond acceptors (Lipinski definition) is 22. The maximum absolute atomic E-state index is 13.5. The molecule has 0 saturated heterocycles. The zero-order chi connectivity index (χ0) is 72.8. The Morgan fingerprint density at radius 3 is 1.24 bits per heavy atom. The first-order valence-electron chi connectivity index (χ1n) is 30.0. The van der Waals surface area contributed by atoms with Crippen molar-refractivity contribution in [1.82, 2.24) is 20.4 Å². The van der Waals surface area contributed by atoms with Gasteiger partial charge >= 0.3 is 44.8 Å². The molecule has 0 fully saturated rings. The summed E-state index contributed by atoms with van der Waals surface area (Å²) in [7, 11) is -6.22. The van der Waals surface area contributed by atoms with E-state index in [0.717, 1.165) is 48.5 Å². The summed E-state index contributed by atoms with van der Waals surface area (Å²) >= 11 is 0. The molecular formula is C70H67FN6O20S2. The number of anilines is 1. The summed E-state index contributed by atoms with van der Waals surface area (Å²) in [6.07, 6.45) is 27.9. The van der Waals surface area contributed by atoms with Crippen LogP contribution in [0.15, 0.2) is 221 Å². The van der Waals surface area contributed by atoms with E-state index in [1.807, 2.05) is 68.5 Å². The highest BCUT2D eigenvalue weighted by atomic mass is 32.2. The van der Waals surface area contributed by atoms with Crippen molar-refractivity contribution in [2.45, 2.75) is 40.5 Å². The fourth-order valence-electron chi connectivity index (χ4n) is 8.93. The van der Waals surface area contributed by atoms with Crippen LogP contribution in [0.1, 0.15) is 61.3 Å². The van der Waals surface area contributed by atoms with E-state index in [2.05, 4.69) is 29.8 Å². The molecular weight excluding hydrogens is 1330 g/mol. The van der Waals surface area contributed by atoms with Gasteiger partial charge in [-0.2, -0.15) is 19.2 Å². The minimum atomic E-state index is -3.11. The fraction of sp³-hybridized carbons (Fsp3) is 0.200. The normalized spacial score (nSPS) is 12.7. The van der Waals surface area contributed by atoms with E-state index >= 15 is 0 Å². The number of nitrogens with two attached hydrogens (primary N) is 1. The molecule has 0 spiro atoms. The smallest absolute Gasteiger partial charge is 0.425 e. The molecule has 4 amide bonds. The van der Waals surface area contributed by atoms with E-state index in [1.54, 1.807) is 119 Å². The van der Waals surface area contributed by atoms with Gasteiger partial charge in [0.25, 0.3) is 23.6 Å². The van der Waals surface area contributed by atoms with E-state index in [4.69, 9.17) is 67.8 Å². The Labute approximate surface area is 567 Å². The number of nitrogens with zero attached hydrogens (tertiary/aromatic N) is 2. The van der Waals surface area contributed by atoms with Gasteiger partial charge in [0.15, 0.2) is 0 Å². The van der Waals surface area contributed by atoms with Crippen molar-refractivity contribution < 1.29 is 85.7 Å². The SMILES string of the molecule is CCCN.CCCNc1ccc2cc(-c3cc4ccc(C(=O)N(CC)CCNC(=O)C5=C/C=C\C=C/C=C5)cc4o3)c(=O)oc2c1.CCN(CCNC(=O)C1=C/C=C\C=C/C=C1)C(=O)c1ccc2cc(-c3cc4ccc(F)cc4oc3=O)oc2c1.O=C=O.O=C=O.O=S(=O)=O.O=S(=O)=O. The molecule has 0 radical (unpaired) electrons. The van der Waals surface area contributed by atoms with Gasteiger partial charge in [-0.05, 0) is 130 Å². The predicted octanol–water partition coefficient (Wildman–Crippen LogP) is 8.93. The molecule has 0 aliphatic heterocycles. The second kappa shape index (κ2) is 42.3. The van der Waals surface area contributed by atoms with Crippen LogP contribution in [0.25, 0.3) is 66.5 Å². The average Bonchev–Trinajstić information content (AvgIpc) is 1.68. The van der Waals surface area contributed by atoms with Gasteiger partial charge in [0.2, 0.25) is 0 Å². The van der Waals surface area contributed by atoms with Crippen molar-refractivity contribution >= 4 is 107 Å². The third kappa shape index (κ3) is 25.8. The van der Waals surface area contributed by atoms with Crippen LogP contribution in [0.4, 0.5) is 10.1 Å². The number of furan rings is 2. The number of carbonyl (C=O) groups is 4. The molecule has 2 aliphatic carbocycles. The van der Waals surface area contributed by atoms with Gasteiger partial charge in [0.1, 0.15) is 50.8 Å². The Balaban J connectivity index is 0.000000339. The largest absolute Gasteiger partial charge is 0.456 e. The van der Waals surface area contributed by atoms with Crippen LogP contribution in [-0.4, -0.2) is 123 Å². The van der Waals surface area contributed by atoms with Crippen molar-refractivity contribution in [2.75, 3.05) is 57.7 Å². The lowest BCUT2D eigenvalue weighted by molar-refractivity contribution is -0.193. The van der Waals surface area contributed by atoms with Crippen LogP contribution in [0, 0.1) is 5.82 Å². The van der Waals surface area contributed by atoms with Gasteiger partial charge in [-0.25, -0.2) is 14.0 Å². The van der Waals surface area contributed by atoms with Gasteiger partial charge in [0.05, 0.1) is 0 Å². The van der Waals surface area contributed by atoms with Crippen LogP contribution in [0.2, 0.25) is 0 Å². The summed E-state index contributed by atoms with van der Waals surface area (Å²) in [6, 6.07) is 26.8. The molecule has 516 valence electrons. The van der Waals surface area contributed by atoms with Crippen molar-refractivity contribution in [3.05, 3.63) is 231 Å². The van der Waals surface area contributed by atoms with E-state index in [9.17, 15) is 33.2 Å². The number of amides is 4. The summed E-state index contributed by atoms with van der Waals surface area (Å²) < 4.78 is 87.0. The third-order valence-electron chi connectivity index (χ3n) is 13.6. The topological polar surface area (TPSA) is 394 Å². The van der Waals surface area contributed by atoms with E-state index in [1.165, 1.54) is 12.1 Å². The Morgan fingerprint density at radius 1 is 0.475 bits per heavy atom. The first kappa shape index (κ1) is 79.3. The van der Waals surface area contributed by atoms with Crippen LogP contribution < -0.4 is 32.9 Å². The summed E-state index contributed by atoms with van der Waals surface area (Å²) in [4.78, 5) is 113. The first-order valence-corrected chi connectivity index (χ1v) is 32.0. The second-order valence-electron chi connectivity index (χ2n) is 20.1. The van der Waals surface area contributed by atoms with Crippen LogP contribution in [-0.2, 0) is 50.0 Å². The predicted molar refractivity (Wildman–Crippen MR) is 363 cm³/mol. The number of halogens is 1. The van der Waals surface area contributed by atoms with Crippen molar-refractivity contribution in [3.8, 4) is 22.6 Å². The molecule has 5 N–H and O–H groups in total. The van der Waals surface area contributed by atoms with E-state index in [-0.39, 0.29) is 59.4 Å². The quantitative estimate of drug-likeness (QED) is 0.0582. The molecule has 26 nitrogen and oxygen atoms in total. The van der Waals surface area contributed by atoms with Crippen LogP contribution in [0.3, 0.4) is 0 Å². The Kier molecular flexibility index (Phi) is 33.9. The van der Waals surface area contributed by atoms with E-state index < -0.39 is 38.3 Å². The number of fused-ring (bicyclic) bond motifs is 4. The first-order chi connectivity index (χ1) is 47.6. The van der Waals surface area contributed by atoms with Crippen molar-refractivity contribution in [3.63, 3.8) is 0 Å². The van der Waals surface area contributed by atoms with Crippen LogP contribution in [0.5, 0.6) is 0 Å². The Morgan fingerprint density at radius 2 is 0.838 bits per heavy atom. The summed E-state index contributed by atoms with van der Waals surface area (Å²) in [5.74, 6) is -0.653. The van der Waals surface area contributed by atoms with Gasteiger partial charge in [-0.15, -0.1) is 25.3 Å². The minimum Gasteiger partial charge on any atom is -0.456 e. The lowest BCUT2D eigenvalue weighted by Gasteiger charge is -2.21. The molecule has 4 heterocycles. The molecule has 8 aromatic rings. The van der Waals surface area contributed by atoms with Gasteiger partial charge < -0.3 is 49.2 Å². The highest BCUT2D eigenvalue weighted by molar-refractivity contribution is 7.59. The monoisotopic (exact) mass is 1390 g/mol. The summed E-state index contributed by atoms with van der Waals surface area (Å²) in [5.41, 5.74) is 8.79. The highest BCUT2D eigenvalue weighted by Crippen LogP contribution is 2.31. The fourth-order valence-corrected chi connectivity index (χ4v) is 8.93. The molecule has 4 aromatic heterocycles. The lowest BCUT2D eigenvalue weighted by atomic mass is 10.1. The van der Waals surface area contributed by atoms with Crippen molar-refractivity contribution in [1.29, 1.82) is 0 Å². The molecule has 99 heavy (non-hydrogen) atoms. The zero-order valence-electron chi connectivity index (χ0n) is 53.7. The molecule has 29 heteroatoms. The Hall–Kier alpha value is -12.1. The molecule has 0 bridgehead atoms. The maximum atomic E-state index is 13.5. The molecule has 4 aromatic carbocycles. The molecule has 0 unspecified atom stereocenters. The number of carbonyl (C=O) groups excluding carboxylic acids is 8.